The van der Waals surface area contributed by atoms with Crippen molar-refractivity contribution >= 4 is 17.7 Å². The molecule has 1 aromatic carbocycles. The fourth-order valence-electron chi connectivity index (χ4n) is 4.68. The molecule has 2 bridgehead atoms. The second-order valence-electron chi connectivity index (χ2n) is 9.57. The highest BCUT2D eigenvalue weighted by molar-refractivity contribution is 5.99. The minimum atomic E-state index is -0.926. The number of nitrogens with two attached hydrogens (primary N) is 1. The van der Waals surface area contributed by atoms with Crippen LogP contribution in [0.4, 0.5) is 10.5 Å². The zero-order chi connectivity index (χ0) is 26.8. The molecule has 0 aromatic heterocycles. The number of carbonyl (C=O) groups is 2. The van der Waals surface area contributed by atoms with E-state index in [1.807, 2.05) is 26.0 Å². The summed E-state index contributed by atoms with van der Waals surface area (Å²) in [6.07, 6.45) is 3.63. The molecule has 2 amide bonds. The number of carbonyl (C=O) groups excluding carboxylic acids is 2. The number of primary amides is 1. The molecule has 0 fully saturated rings. The van der Waals surface area contributed by atoms with Gasteiger partial charge in [-0.1, -0.05) is 26.0 Å². The van der Waals surface area contributed by atoms with Crippen molar-refractivity contribution < 1.29 is 34.0 Å². The number of methoxy groups -OCH3 is 2. The zero-order valence-corrected chi connectivity index (χ0v) is 21.8. The lowest BCUT2D eigenvalue weighted by Crippen LogP contribution is -2.37. The van der Waals surface area contributed by atoms with Gasteiger partial charge in [0.05, 0.1) is 18.3 Å². The number of aliphatic hydroxyl groups is 1. The summed E-state index contributed by atoms with van der Waals surface area (Å²) in [4.78, 5) is 24.0. The average Bonchev–Trinajstić information content (AvgIpc) is 2.79. The number of rotatable bonds is 3. The normalized spacial score (nSPS) is 28.7. The van der Waals surface area contributed by atoms with E-state index < -0.39 is 30.5 Å². The van der Waals surface area contributed by atoms with Gasteiger partial charge in [0.25, 0.3) is 0 Å². The molecular formula is C27H40N2O7. The highest BCUT2D eigenvalue weighted by atomic mass is 16.6. The van der Waals surface area contributed by atoms with Crippen LogP contribution in [0.25, 0.3) is 0 Å². The summed E-state index contributed by atoms with van der Waals surface area (Å²) < 4.78 is 16.6. The Morgan fingerprint density at radius 3 is 2.47 bits per heavy atom. The van der Waals surface area contributed by atoms with E-state index in [1.54, 1.807) is 26.2 Å². The highest BCUT2D eigenvalue weighted by Crippen LogP contribution is 2.27. The summed E-state index contributed by atoms with van der Waals surface area (Å²) in [7, 11) is 3.08. The van der Waals surface area contributed by atoms with Crippen molar-refractivity contribution in [3.05, 3.63) is 47.6 Å². The first-order valence-corrected chi connectivity index (χ1v) is 12.2. The first-order valence-electron chi connectivity index (χ1n) is 12.2. The lowest BCUT2D eigenvalue weighted by molar-refractivity contribution is -0.111. The number of hydrogen-bond acceptors (Lipinski definition) is 7. The minimum Gasteiger partial charge on any atom is -0.508 e. The first-order chi connectivity index (χ1) is 17.0. The third-order valence-corrected chi connectivity index (χ3v) is 6.43. The molecule has 5 N–H and O–H groups in total. The van der Waals surface area contributed by atoms with E-state index in [1.165, 1.54) is 19.3 Å². The summed E-state index contributed by atoms with van der Waals surface area (Å²) in [5.41, 5.74) is 7.38. The lowest BCUT2D eigenvalue weighted by atomic mass is 9.88. The Balaban J connectivity index is 2.41. The van der Waals surface area contributed by atoms with Gasteiger partial charge in [0, 0.05) is 31.9 Å². The van der Waals surface area contributed by atoms with Crippen molar-refractivity contribution in [1.29, 1.82) is 0 Å². The molecule has 6 atom stereocenters. The van der Waals surface area contributed by atoms with Gasteiger partial charge in [-0.3, -0.25) is 4.79 Å². The highest BCUT2D eigenvalue weighted by Gasteiger charge is 2.29. The topological polar surface area (TPSA) is 140 Å². The third-order valence-electron chi connectivity index (χ3n) is 6.43. The molecule has 200 valence electrons. The number of phenols is 1. The van der Waals surface area contributed by atoms with Gasteiger partial charge < -0.3 is 35.5 Å². The van der Waals surface area contributed by atoms with Crippen LogP contribution in [0.3, 0.4) is 0 Å². The Morgan fingerprint density at radius 2 is 1.83 bits per heavy atom. The second kappa shape index (κ2) is 14.0. The van der Waals surface area contributed by atoms with Crippen molar-refractivity contribution in [2.24, 2.45) is 17.6 Å². The van der Waals surface area contributed by atoms with E-state index in [-0.39, 0.29) is 23.5 Å². The van der Waals surface area contributed by atoms with Gasteiger partial charge in [0.2, 0.25) is 5.91 Å². The summed E-state index contributed by atoms with van der Waals surface area (Å²) in [6.45, 7) is 5.72. The predicted molar refractivity (Wildman–Crippen MR) is 138 cm³/mol. The Hall–Kier alpha value is -2.88. The van der Waals surface area contributed by atoms with Gasteiger partial charge >= 0.3 is 6.09 Å². The molecule has 0 radical (unpaired) electrons. The van der Waals surface area contributed by atoms with Crippen LogP contribution >= 0.6 is 0 Å². The van der Waals surface area contributed by atoms with Gasteiger partial charge in [-0.15, -0.1) is 0 Å². The number of aliphatic hydroxyl groups excluding tert-OH is 1. The average molecular weight is 505 g/mol. The van der Waals surface area contributed by atoms with Crippen LogP contribution in [-0.2, 0) is 25.4 Å². The van der Waals surface area contributed by atoms with Crippen LogP contribution in [-0.4, -0.2) is 60.8 Å². The minimum absolute atomic E-state index is 0.0610. The first kappa shape index (κ1) is 29.4. The molecule has 1 aromatic rings. The maximum absolute atomic E-state index is 12.4. The fraction of sp³-hybridized carbons (Fsp3) is 0.556. The molecule has 0 unspecified atom stereocenters. The smallest absolute Gasteiger partial charge is 0.405 e. The predicted octanol–water partition coefficient (Wildman–Crippen LogP) is 3.69. The SMILES string of the molecule is CO[C@H]1C[C@H](C)Cc2cc(O)cc(c2)NC(=O)C=CCC[C@H](OC)[C@@H](OC(N)=O)C(C)=C[C@H](C)[C@H]1O. The maximum atomic E-state index is 12.4. The van der Waals surface area contributed by atoms with E-state index >= 15 is 0 Å². The number of phenolic OH excluding ortho intramolecular Hbond substituents is 1. The number of ether oxygens (including phenoxy) is 3. The molecule has 9 heteroatoms. The number of aromatic hydroxyl groups is 1. The zero-order valence-electron chi connectivity index (χ0n) is 21.8. The molecule has 0 spiro atoms. The molecule has 0 saturated heterocycles. The van der Waals surface area contributed by atoms with Gasteiger partial charge in [-0.2, -0.15) is 0 Å². The van der Waals surface area contributed by atoms with E-state index in [4.69, 9.17) is 19.9 Å². The maximum Gasteiger partial charge on any atom is 0.405 e. The summed E-state index contributed by atoms with van der Waals surface area (Å²) >= 11 is 0. The Labute approximate surface area is 213 Å². The summed E-state index contributed by atoms with van der Waals surface area (Å²) in [5, 5.41) is 24.0. The van der Waals surface area contributed by atoms with Crippen molar-refractivity contribution in [2.45, 2.75) is 70.9 Å². The fourth-order valence-corrected chi connectivity index (χ4v) is 4.68. The molecule has 2 rings (SSSR count). The molecule has 1 aliphatic rings. The Morgan fingerprint density at radius 1 is 1.14 bits per heavy atom. The van der Waals surface area contributed by atoms with Crippen LogP contribution in [0.1, 0.15) is 45.6 Å². The van der Waals surface area contributed by atoms with E-state index in [9.17, 15) is 19.8 Å². The third kappa shape index (κ3) is 8.96. The monoisotopic (exact) mass is 504 g/mol. The van der Waals surface area contributed by atoms with Crippen LogP contribution in [0, 0.1) is 11.8 Å². The molecule has 0 aliphatic carbocycles. The number of benzene rings is 1. The van der Waals surface area contributed by atoms with Gasteiger partial charge in [-0.25, -0.2) is 4.79 Å². The standard InChI is InChI=1S/C27H40N2O7/c1-16-10-19-13-20(15-21(30)14-19)29-24(31)9-7-6-8-22(34-4)26(36-27(28)33)18(3)12-17(2)25(32)23(11-16)35-5/h7,9,12-17,22-23,25-26,30,32H,6,8,10-11H2,1-5H3,(H2,28,33)(H,29,31)/t16-,17+,22+,23+,25-,26+/m1/s1. The van der Waals surface area contributed by atoms with Gasteiger partial charge in [-0.05, 0) is 67.9 Å². The van der Waals surface area contributed by atoms with Crippen molar-refractivity contribution in [2.75, 3.05) is 19.5 Å². The number of amides is 2. The molecule has 1 aliphatic heterocycles. The van der Waals surface area contributed by atoms with Gasteiger partial charge in [0.15, 0.2) is 6.10 Å². The van der Waals surface area contributed by atoms with Crippen LogP contribution in [0.5, 0.6) is 5.75 Å². The largest absolute Gasteiger partial charge is 0.508 e. The summed E-state index contributed by atoms with van der Waals surface area (Å²) in [5.74, 6) is -0.470. The lowest BCUT2D eigenvalue weighted by Gasteiger charge is -2.30. The van der Waals surface area contributed by atoms with E-state index in [0.717, 1.165) is 5.56 Å². The Bertz CT molecular complexity index is 946. The second-order valence-corrected chi connectivity index (χ2v) is 9.57. The quantitative estimate of drug-likeness (QED) is 0.460. The van der Waals surface area contributed by atoms with E-state index in [0.29, 0.717) is 36.9 Å². The van der Waals surface area contributed by atoms with Crippen molar-refractivity contribution in [1.82, 2.24) is 0 Å². The van der Waals surface area contributed by atoms with E-state index in [2.05, 4.69) is 5.32 Å². The molecule has 1 heterocycles. The molecule has 0 saturated carbocycles. The van der Waals surface area contributed by atoms with Crippen LogP contribution in [0.2, 0.25) is 0 Å². The van der Waals surface area contributed by atoms with Crippen LogP contribution < -0.4 is 11.1 Å². The van der Waals surface area contributed by atoms with Crippen molar-refractivity contribution in [3.8, 4) is 5.75 Å². The van der Waals surface area contributed by atoms with Crippen molar-refractivity contribution in [3.63, 3.8) is 0 Å². The molecular weight excluding hydrogens is 464 g/mol. The number of fused-ring (bicyclic) bond motifs is 2. The summed E-state index contributed by atoms with van der Waals surface area (Å²) in [6, 6.07) is 4.99. The van der Waals surface area contributed by atoms with Crippen LogP contribution in [0.15, 0.2) is 42.0 Å². The number of anilines is 1. The Kier molecular flexibility index (Phi) is 11.4. The number of nitrogens with one attached hydrogen (secondary N) is 1. The number of hydrogen-bond donors (Lipinski definition) is 4. The number of allylic oxidation sites excluding steroid dienone is 1. The molecule has 9 nitrogen and oxygen atoms in total. The van der Waals surface area contributed by atoms with Gasteiger partial charge in [0.1, 0.15) is 5.75 Å². The molecule has 36 heavy (non-hydrogen) atoms.